The van der Waals surface area contributed by atoms with E-state index in [-0.39, 0.29) is 12.4 Å². The van der Waals surface area contributed by atoms with Gasteiger partial charge >= 0.3 is 5.97 Å². The van der Waals surface area contributed by atoms with Gasteiger partial charge in [0.1, 0.15) is 5.75 Å². The molecule has 18 heavy (non-hydrogen) atoms. The summed E-state index contributed by atoms with van der Waals surface area (Å²) in [5.41, 5.74) is 2.00. The van der Waals surface area contributed by atoms with Crippen molar-refractivity contribution in [3.05, 3.63) is 28.8 Å². The van der Waals surface area contributed by atoms with Crippen molar-refractivity contribution in [1.29, 1.82) is 5.26 Å². The molecular weight excluding hydrogens is 298 g/mol. The first-order valence-electron chi connectivity index (χ1n) is 5.48. The van der Waals surface area contributed by atoms with E-state index in [1.807, 2.05) is 0 Å². The van der Waals surface area contributed by atoms with Crippen LogP contribution in [0.4, 0.5) is 0 Å². The zero-order chi connectivity index (χ0) is 13.5. The molecule has 0 saturated carbocycles. The summed E-state index contributed by atoms with van der Waals surface area (Å²) < 4.78 is 10.2. The van der Waals surface area contributed by atoms with E-state index in [0.717, 1.165) is 5.56 Å². The summed E-state index contributed by atoms with van der Waals surface area (Å²) in [4.78, 5) is 11.6. The number of carbonyl (C=O) groups is 1. The summed E-state index contributed by atoms with van der Waals surface area (Å²) in [5.74, 6) is 0.268. The highest BCUT2D eigenvalue weighted by atomic mass is 79.9. The van der Waals surface area contributed by atoms with E-state index in [1.54, 1.807) is 19.1 Å². The Labute approximate surface area is 115 Å². The lowest BCUT2D eigenvalue weighted by atomic mass is 9.99. The van der Waals surface area contributed by atoms with Gasteiger partial charge < -0.3 is 9.47 Å². The third-order valence-electron chi connectivity index (χ3n) is 2.49. The molecule has 0 aliphatic carbocycles. The maximum atomic E-state index is 11.6. The van der Waals surface area contributed by atoms with Gasteiger partial charge in [0.2, 0.25) is 0 Å². The minimum Gasteiger partial charge on any atom is -0.496 e. The quantitative estimate of drug-likeness (QED) is 0.619. The number of alkyl halides is 1. The molecule has 1 aromatic rings. The Morgan fingerprint density at radius 3 is 2.67 bits per heavy atom. The summed E-state index contributed by atoms with van der Waals surface area (Å²) in [6, 6.07) is 5.48. The highest BCUT2D eigenvalue weighted by Crippen LogP contribution is 2.28. The van der Waals surface area contributed by atoms with Gasteiger partial charge in [0.15, 0.2) is 0 Å². The van der Waals surface area contributed by atoms with Crippen LogP contribution in [0.3, 0.4) is 0 Å². The number of nitrogens with zero attached hydrogens (tertiary/aromatic N) is 1. The topological polar surface area (TPSA) is 59.3 Å². The number of hydrogen-bond donors (Lipinski definition) is 0. The monoisotopic (exact) mass is 311 g/mol. The number of halogens is 1. The molecule has 0 aromatic heterocycles. The highest BCUT2D eigenvalue weighted by Gasteiger charge is 2.16. The summed E-state index contributed by atoms with van der Waals surface area (Å²) in [5, 5.41) is 9.54. The number of hydrogen-bond acceptors (Lipinski definition) is 4. The summed E-state index contributed by atoms with van der Waals surface area (Å²) in [7, 11) is 1.54. The third-order valence-corrected chi connectivity index (χ3v) is 3.05. The molecule has 0 atom stereocenters. The van der Waals surface area contributed by atoms with Crippen LogP contribution >= 0.6 is 15.9 Å². The molecule has 1 aromatic carbocycles. The number of nitriles is 1. The number of rotatable bonds is 5. The average Bonchev–Trinajstić information content (AvgIpc) is 2.38. The zero-order valence-corrected chi connectivity index (χ0v) is 11.9. The van der Waals surface area contributed by atoms with Crippen LogP contribution in [0, 0.1) is 11.3 Å². The van der Waals surface area contributed by atoms with Crippen LogP contribution in [0.15, 0.2) is 12.1 Å². The fourth-order valence-electron chi connectivity index (χ4n) is 1.67. The molecule has 0 fully saturated rings. The number of methoxy groups -OCH3 is 1. The van der Waals surface area contributed by atoms with Crippen LogP contribution in [-0.4, -0.2) is 19.7 Å². The lowest BCUT2D eigenvalue weighted by molar-refractivity contribution is -0.142. The Bertz CT molecular complexity index is 480. The summed E-state index contributed by atoms with van der Waals surface area (Å²) >= 11 is 3.33. The smallest absolute Gasteiger partial charge is 0.310 e. The van der Waals surface area contributed by atoms with Crippen molar-refractivity contribution in [3.63, 3.8) is 0 Å². The molecule has 0 radical (unpaired) electrons. The number of ether oxygens (including phenoxy) is 2. The first-order valence-corrected chi connectivity index (χ1v) is 6.60. The zero-order valence-electron chi connectivity index (χ0n) is 10.3. The van der Waals surface area contributed by atoms with E-state index in [0.29, 0.717) is 28.8 Å². The normalized spacial score (nSPS) is 9.67. The van der Waals surface area contributed by atoms with Gasteiger partial charge in [-0.1, -0.05) is 15.9 Å². The predicted octanol–water partition coefficient (Wildman–Crippen LogP) is 2.57. The van der Waals surface area contributed by atoms with Gasteiger partial charge in [-0.15, -0.1) is 0 Å². The molecule has 0 N–H and O–H groups in total. The Hall–Kier alpha value is -1.54. The first kappa shape index (κ1) is 14.5. The number of esters is 1. The van der Waals surface area contributed by atoms with Gasteiger partial charge in [0.25, 0.3) is 0 Å². The average molecular weight is 312 g/mol. The molecule has 0 saturated heterocycles. The molecule has 96 valence electrons. The number of benzene rings is 1. The molecule has 4 nitrogen and oxygen atoms in total. The summed E-state index contributed by atoms with van der Waals surface area (Å²) in [6.07, 6.45) is 0.105. The maximum Gasteiger partial charge on any atom is 0.310 e. The largest absolute Gasteiger partial charge is 0.496 e. The molecular formula is C13H14BrNO3. The van der Waals surface area contributed by atoms with E-state index in [9.17, 15) is 4.79 Å². The van der Waals surface area contributed by atoms with Gasteiger partial charge in [-0.3, -0.25) is 4.79 Å². The third kappa shape index (κ3) is 3.23. The van der Waals surface area contributed by atoms with Crippen molar-refractivity contribution < 1.29 is 14.3 Å². The lowest BCUT2D eigenvalue weighted by Crippen LogP contribution is -2.11. The minimum atomic E-state index is -0.326. The van der Waals surface area contributed by atoms with E-state index < -0.39 is 0 Å². The van der Waals surface area contributed by atoms with Crippen molar-refractivity contribution >= 4 is 21.9 Å². The van der Waals surface area contributed by atoms with Crippen LogP contribution in [0.1, 0.15) is 23.6 Å². The molecule has 0 aliphatic rings. The molecule has 0 amide bonds. The maximum absolute atomic E-state index is 11.6. The minimum absolute atomic E-state index is 0.105. The number of carbonyl (C=O) groups excluding carboxylic acids is 1. The van der Waals surface area contributed by atoms with E-state index in [1.165, 1.54) is 7.11 Å². The van der Waals surface area contributed by atoms with Crippen LogP contribution in [0.5, 0.6) is 5.75 Å². The first-order chi connectivity index (χ1) is 8.67. The lowest BCUT2D eigenvalue weighted by Gasteiger charge is -2.13. The van der Waals surface area contributed by atoms with Crippen molar-refractivity contribution in [1.82, 2.24) is 0 Å². The van der Waals surface area contributed by atoms with Gasteiger partial charge in [0, 0.05) is 10.9 Å². The molecule has 0 heterocycles. The van der Waals surface area contributed by atoms with Crippen molar-refractivity contribution in [2.45, 2.75) is 18.7 Å². The fraction of sp³-hybridized carbons (Fsp3) is 0.385. The van der Waals surface area contributed by atoms with E-state index >= 15 is 0 Å². The molecule has 1 rings (SSSR count). The fourth-order valence-corrected chi connectivity index (χ4v) is 2.31. The molecule has 0 unspecified atom stereocenters. The van der Waals surface area contributed by atoms with Crippen molar-refractivity contribution in [2.75, 3.05) is 13.7 Å². The Kier molecular flexibility index (Phi) is 5.66. The van der Waals surface area contributed by atoms with Gasteiger partial charge in [-0.05, 0) is 24.6 Å². The van der Waals surface area contributed by atoms with Crippen molar-refractivity contribution in [2.24, 2.45) is 0 Å². The standard InChI is InChI=1S/C13H14BrNO3/c1-3-18-13(16)6-10-11(7-14)9(8-15)4-5-12(10)17-2/h4-5H,3,6-7H2,1-2H3. The Morgan fingerprint density at radius 1 is 1.44 bits per heavy atom. The second kappa shape index (κ2) is 7.02. The van der Waals surface area contributed by atoms with Crippen LogP contribution in [0.25, 0.3) is 0 Å². The van der Waals surface area contributed by atoms with Gasteiger partial charge in [-0.25, -0.2) is 0 Å². The molecule has 0 bridgehead atoms. The van der Waals surface area contributed by atoms with Gasteiger partial charge in [-0.2, -0.15) is 5.26 Å². The van der Waals surface area contributed by atoms with Crippen LogP contribution in [-0.2, 0) is 21.3 Å². The summed E-state index contributed by atoms with van der Waals surface area (Å²) in [6.45, 7) is 2.09. The molecule has 0 spiro atoms. The predicted molar refractivity (Wildman–Crippen MR) is 70.7 cm³/mol. The van der Waals surface area contributed by atoms with Gasteiger partial charge in [0.05, 0.1) is 31.8 Å². The highest BCUT2D eigenvalue weighted by molar-refractivity contribution is 9.08. The Balaban J connectivity index is 3.20. The van der Waals surface area contributed by atoms with Crippen LogP contribution < -0.4 is 4.74 Å². The molecule has 5 heteroatoms. The van der Waals surface area contributed by atoms with Crippen molar-refractivity contribution in [3.8, 4) is 11.8 Å². The molecule has 0 aliphatic heterocycles. The second-order valence-electron chi connectivity index (χ2n) is 3.50. The Morgan fingerprint density at radius 2 is 2.17 bits per heavy atom. The second-order valence-corrected chi connectivity index (χ2v) is 4.06. The SMILES string of the molecule is CCOC(=O)Cc1c(OC)ccc(C#N)c1CBr. The van der Waals surface area contributed by atoms with Crippen LogP contribution in [0.2, 0.25) is 0 Å². The van der Waals surface area contributed by atoms with E-state index in [2.05, 4.69) is 22.0 Å². The van der Waals surface area contributed by atoms with E-state index in [4.69, 9.17) is 14.7 Å².